The van der Waals surface area contributed by atoms with Crippen molar-refractivity contribution in [3.63, 3.8) is 0 Å². The number of nitrogens with zero attached hydrogens (tertiary/aromatic N) is 5. The normalized spacial score (nSPS) is 10.7. The number of fused-ring (bicyclic) bond motifs is 1. The van der Waals surface area contributed by atoms with Gasteiger partial charge < -0.3 is 0 Å². The maximum absolute atomic E-state index is 5.33. The van der Waals surface area contributed by atoms with Crippen molar-refractivity contribution in [3.05, 3.63) is 24.8 Å². The molecule has 3 heterocycles. The highest BCUT2D eigenvalue weighted by atomic mass is 32.2. The Morgan fingerprint density at radius 1 is 1.33 bits per heavy atom. The first-order valence-electron chi connectivity index (χ1n) is 4.98. The van der Waals surface area contributed by atoms with Gasteiger partial charge in [0, 0.05) is 6.20 Å². The first-order chi connectivity index (χ1) is 8.86. The summed E-state index contributed by atoms with van der Waals surface area (Å²) in [6.45, 7) is 0. The van der Waals surface area contributed by atoms with Crippen LogP contribution in [0.1, 0.15) is 0 Å². The van der Waals surface area contributed by atoms with Gasteiger partial charge in [-0.25, -0.2) is 20.8 Å². The number of nitrogens with two attached hydrogens (primary N) is 1. The largest absolute Gasteiger partial charge is 0.292 e. The Morgan fingerprint density at radius 2 is 2.28 bits per heavy atom. The number of rotatable bonds is 3. The third-order valence-corrected chi connectivity index (χ3v) is 3.12. The summed E-state index contributed by atoms with van der Waals surface area (Å²) in [4.78, 5) is 16.4. The molecule has 0 atom stereocenters. The molecule has 0 aliphatic heterocycles. The third-order valence-electron chi connectivity index (χ3n) is 2.16. The van der Waals surface area contributed by atoms with Crippen LogP contribution in [0, 0.1) is 0 Å². The van der Waals surface area contributed by atoms with Gasteiger partial charge in [0.2, 0.25) is 5.95 Å². The fourth-order valence-electron chi connectivity index (χ4n) is 1.39. The fraction of sp³-hybridized carbons (Fsp3) is 0. The Bertz CT molecular complexity index is 667. The van der Waals surface area contributed by atoms with Gasteiger partial charge in [-0.05, 0) is 17.8 Å². The van der Waals surface area contributed by atoms with Crippen LogP contribution in [0.2, 0.25) is 0 Å². The molecule has 3 rings (SSSR count). The predicted molar refractivity (Wildman–Crippen MR) is 65.6 cm³/mol. The van der Waals surface area contributed by atoms with E-state index in [1.807, 2.05) is 0 Å². The second-order valence-electron chi connectivity index (χ2n) is 3.28. The number of hydrogen-bond donors (Lipinski definition) is 3. The highest BCUT2D eigenvalue weighted by molar-refractivity contribution is 7.99. The molecule has 3 aromatic heterocycles. The van der Waals surface area contributed by atoms with Crippen LogP contribution >= 0.6 is 11.8 Å². The zero-order valence-electron chi connectivity index (χ0n) is 9.03. The highest BCUT2D eigenvalue weighted by Gasteiger charge is 2.10. The molecule has 0 saturated carbocycles. The topological polar surface area (TPSA) is 118 Å². The number of aromatic amines is 1. The molecule has 8 nitrogen and oxygen atoms in total. The lowest BCUT2D eigenvalue weighted by atomic mass is 10.4. The van der Waals surface area contributed by atoms with Crippen LogP contribution in [0.15, 0.2) is 34.8 Å². The van der Waals surface area contributed by atoms with Gasteiger partial charge >= 0.3 is 0 Å². The fourth-order valence-corrected chi connectivity index (χ4v) is 2.21. The summed E-state index contributed by atoms with van der Waals surface area (Å²) in [5, 5.41) is 9.04. The molecule has 0 saturated heterocycles. The van der Waals surface area contributed by atoms with E-state index < -0.39 is 0 Å². The van der Waals surface area contributed by atoms with Crippen molar-refractivity contribution in [3.8, 4) is 0 Å². The van der Waals surface area contributed by atoms with Crippen LogP contribution in [-0.4, -0.2) is 30.1 Å². The molecule has 0 amide bonds. The van der Waals surface area contributed by atoms with Crippen LogP contribution in [-0.2, 0) is 0 Å². The zero-order chi connectivity index (χ0) is 12.4. The van der Waals surface area contributed by atoms with E-state index in [-0.39, 0.29) is 0 Å². The lowest BCUT2D eigenvalue weighted by Crippen LogP contribution is -2.10. The van der Waals surface area contributed by atoms with Crippen molar-refractivity contribution >= 4 is 28.7 Å². The minimum absolute atomic E-state index is 0.323. The Kier molecular flexibility index (Phi) is 2.74. The van der Waals surface area contributed by atoms with Crippen LogP contribution in [0.5, 0.6) is 0 Å². The Labute approximate surface area is 105 Å². The number of anilines is 1. The summed E-state index contributed by atoms with van der Waals surface area (Å²) in [5.74, 6) is 5.65. The quantitative estimate of drug-likeness (QED) is 0.355. The number of nitrogens with one attached hydrogen (secondary N) is 2. The molecule has 4 N–H and O–H groups in total. The van der Waals surface area contributed by atoms with E-state index in [1.54, 1.807) is 18.5 Å². The van der Waals surface area contributed by atoms with Gasteiger partial charge in [-0.2, -0.15) is 10.1 Å². The van der Waals surface area contributed by atoms with Crippen molar-refractivity contribution in [2.75, 3.05) is 5.43 Å². The zero-order valence-corrected chi connectivity index (χ0v) is 9.85. The summed E-state index contributed by atoms with van der Waals surface area (Å²) >= 11 is 1.39. The maximum Gasteiger partial charge on any atom is 0.240 e. The average Bonchev–Trinajstić information content (AvgIpc) is 2.88. The molecule has 0 aliphatic rings. The van der Waals surface area contributed by atoms with Crippen molar-refractivity contribution in [1.82, 2.24) is 30.1 Å². The van der Waals surface area contributed by atoms with Crippen LogP contribution in [0.3, 0.4) is 0 Å². The molecule has 0 spiro atoms. The van der Waals surface area contributed by atoms with E-state index in [0.717, 1.165) is 15.4 Å². The van der Waals surface area contributed by atoms with Gasteiger partial charge in [0.25, 0.3) is 0 Å². The van der Waals surface area contributed by atoms with Crippen molar-refractivity contribution in [2.24, 2.45) is 5.84 Å². The number of aromatic nitrogens is 6. The standard InChI is InChI=1S/C9H8N8S/c10-16-9-14-7-5(3-13-17-7)8(15-9)18-6-1-2-11-4-12-6/h1-4H,10H2,(H2,13,14,15,16,17). The van der Waals surface area contributed by atoms with Crippen LogP contribution in [0.25, 0.3) is 11.0 Å². The molecular weight excluding hydrogens is 252 g/mol. The third kappa shape index (κ3) is 1.96. The predicted octanol–water partition coefficient (Wildman–Crippen LogP) is 0.580. The summed E-state index contributed by atoms with van der Waals surface area (Å²) in [5.41, 5.74) is 3.04. The molecule has 9 heteroatoms. The van der Waals surface area contributed by atoms with Gasteiger partial charge in [0.05, 0.1) is 11.6 Å². The first-order valence-corrected chi connectivity index (χ1v) is 5.80. The van der Waals surface area contributed by atoms with E-state index >= 15 is 0 Å². The Hall–Kier alpha value is -2.26. The van der Waals surface area contributed by atoms with Crippen LogP contribution in [0.4, 0.5) is 5.95 Å². The summed E-state index contributed by atoms with van der Waals surface area (Å²) in [6.07, 6.45) is 4.82. The molecule has 0 radical (unpaired) electrons. The first kappa shape index (κ1) is 10.9. The molecule has 0 unspecified atom stereocenters. The van der Waals surface area contributed by atoms with Gasteiger partial charge in [-0.3, -0.25) is 10.5 Å². The molecule has 0 fully saturated rings. The van der Waals surface area contributed by atoms with E-state index in [1.165, 1.54) is 18.1 Å². The number of nitrogen functional groups attached to an aromatic ring is 1. The highest BCUT2D eigenvalue weighted by Crippen LogP contribution is 2.29. The molecule has 0 aliphatic carbocycles. The van der Waals surface area contributed by atoms with Crippen LogP contribution < -0.4 is 11.3 Å². The summed E-state index contributed by atoms with van der Waals surface area (Å²) < 4.78 is 0. The van der Waals surface area contributed by atoms with Crippen molar-refractivity contribution in [2.45, 2.75) is 10.1 Å². The Morgan fingerprint density at radius 3 is 3.06 bits per heavy atom. The van der Waals surface area contributed by atoms with E-state index in [2.05, 4.69) is 35.6 Å². The smallest absolute Gasteiger partial charge is 0.240 e. The molecule has 90 valence electrons. The Balaban J connectivity index is 2.07. The van der Waals surface area contributed by atoms with Gasteiger partial charge in [-0.1, -0.05) is 0 Å². The maximum atomic E-state index is 5.33. The second-order valence-corrected chi connectivity index (χ2v) is 4.29. The second kappa shape index (κ2) is 4.55. The molecule has 0 aromatic carbocycles. The monoisotopic (exact) mass is 260 g/mol. The lowest BCUT2D eigenvalue weighted by molar-refractivity contribution is 1.03. The molecule has 3 aromatic rings. The minimum atomic E-state index is 0.323. The molecular formula is C9H8N8S. The summed E-state index contributed by atoms with van der Waals surface area (Å²) in [7, 11) is 0. The van der Waals surface area contributed by atoms with Gasteiger partial charge in [0.15, 0.2) is 5.65 Å². The van der Waals surface area contributed by atoms with Crippen molar-refractivity contribution in [1.29, 1.82) is 0 Å². The molecule has 0 bridgehead atoms. The van der Waals surface area contributed by atoms with E-state index in [4.69, 9.17) is 5.84 Å². The number of hydrogen-bond acceptors (Lipinski definition) is 8. The average molecular weight is 260 g/mol. The SMILES string of the molecule is NNc1nc(Sc2ccncn2)c2cn[nH]c2n1. The van der Waals surface area contributed by atoms with E-state index in [0.29, 0.717) is 11.6 Å². The van der Waals surface area contributed by atoms with Gasteiger partial charge in [0.1, 0.15) is 16.4 Å². The number of hydrazine groups is 1. The van der Waals surface area contributed by atoms with Gasteiger partial charge in [-0.15, -0.1) is 0 Å². The number of H-pyrrole nitrogens is 1. The minimum Gasteiger partial charge on any atom is -0.292 e. The van der Waals surface area contributed by atoms with Crippen molar-refractivity contribution < 1.29 is 0 Å². The van der Waals surface area contributed by atoms with E-state index in [9.17, 15) is 0 Å². The summed E-state index contributed by atoms with van der Waals surface area (Å²) in [6, 6.07) is 1.80. The molecule has 18 heavy (non-hydrogen) atoms. The lowest BCUT2D eigenvalue weighted by Gasteiger charge is -2.03.